The van der Waals surface area contributed by atoms with Gasteiger partial charge in [0, 0.05) is 6.04 Å². The number of hydrogen-bond donors (Lipinski definition) is 1. The summed E-state index contributed by atoms with van der Waals surface area (Å²) in [5.41, 5.74) is 0. The van der Waals surface area contributed by atoms with E-state index in [0.29, 0.717) is 12.0 Å². The topological polar surface area (TPSA) is 49.4 Å². The summed E-state index contributed by atoms with van der Waals surface area (Å²) in [5.74, 6) is 1.56. The standard InChI is InChI=1S/C12H18N2O2/c1-7-12(16)13-6-11(15)14(7)10-5-8-2-3-9(10)4-8/h7-10H,2-6H2,1H3,(H,13,16). The van der Waals surface area contributed by atoms with E-state index in [2.05, 4.69) is 5.32 Å². The van der Waals surface area contributed by atoms with Gasteiger partial charge < -0.3 is 10.2 Å². The summed E-state index contributed by atoms with van der Waals surface area (Å²) < 4.78 is 0. The first-order valence-electron chi connectivity index (χ1n) is 6.25. The van der Waals surface area contributed by atoms with Crippen molar-refractivity contribution >= 4 is 11.8 Å². The minimum atomic E-state index is -0.273. The Bertz CT molecular complexity index is 342. The molecule has 1 heterocycles. The lowest BCUT2D eigenvalue weighted by Crippen LogP contribution is -2.61. The van der Waals surface area contributed by atoms with E-state index in [0.717, 1.165) is 12.3 Å². The molecule has 0 spiro atoms. The molecule has 4 nitrogen and oxygen atoms in total. The summed E-state index contributed by atoms with van der Waals surface area (Å²) in [5, 5.41) is 2.65. The third kappa shape index (κ3) is 1.35. The van der Waals surface area contributed by atoms with Gasteiger partial charge in [0.25, 0.3) is 0 Å². The number of nitrogens with zero attached hydrogens (tertiary/aromatic N) is 1. The molecule has 1 saturated heterocycles. The second-order valence-corrected chi connectivity index (χ2v) is 5.44. The van der Waals surface area contributed by atoms with Crippen molar-refractivity contribution in [3.05, 3.63) is 0 Å². The van der Waals surface area contributed by atoms with Crippen LogP contribution in [0.2, 0.25) is 0 Å². The molecular formula is C12H18N2O2. The van der Waals surface area contributed by atoms with E-state index < -0.39 is 0 Å². The lowest BCUT2D eigenvalue weighted by atomic mass is 9.92. The molecule has 1 N–H and O–H groups in total. The third-order valence-electron chi connectivity index (χ3n) is 4.56. The number of piperazine rings is 1. The van der Waals surface area contributed by atoms with Gasteiger partial charge in [0.05, 0.1) is 6.54 Å². The van der Waals surface area contributed by atoms with Crippen LogP contribution in [0, 0.1) is 11.8 Å². The average molecular weight is 222 g/mol. The summed E-state index contributed by atoms with van der Waals surface area (Å²) >= 11 is 0. The fourth-order valence-corrected chi connectivity index (χ4v) is 3.77. The van der Waals surface area contributed by atoms with E-state index in [1.807, 2.05) is 11.8 Å². The van der Waals surface area contributed by atoms with E-state index >= 15 is 0 Å². The SMILES string of the molecule is CC1C(=O)NCC(=O)N1C1CC2CCC1C2. The average Bonchev–Trinajstić information content (AvgIpc) is 2.86. The number of nitrogens with one attached hydrogen (secondary N) is 1. The summed E-state index contributed by atoms with van der Waals surface area (Å²) in [4.78, 5) is 25.4. The molecule has 3 fully saturated rings. The fourth-order valence-electron chi connectivity index (χ4n) is 3.77. The van der Waals surface area contributed by atoms with Crippen molar-refractivity contribution in [1.29, 1.82) is 0 Å². The van der Waals surface area contributed by atoms with E-state index in [-0.39, 0.29) is 24.4 Å². The van der Waals surface area contributed by atoms with Crippen molar-refractivity contribution < 1.29 is 9.59 Å². The highest BCUT2D eigenvalue weighted by molar-refractivity contribution is 5.94. The minimum absolute atomic E-state index is 0.00220. The summed E-state index contributed by atoms with van der Waals surface area (Å²) in [6.07, 6.45) is 4.95. The van der Waals surface area contributed by atoms with Gasteiger partial charge in [0.15, 0.2) is 0 Å². The maximum absolute atomic E-state index is 11.9. The summed E-state index contributed by atoms with van der Waals surface area (Å²) in [7, 11) is 0. The van der Waals surface area contributed by atoms with Gasteiger partial charge in [0.1, 0.15) is 6.04 Å². The molecule has 2 bridgehead atoms. The molecule has 3 aliphatic rings. The van der Waals surface area contributed by atoms with Crippen LogP contribution in [0.25, 0.3) is 0 Å². The smallest absolute Gasteiger partial charge is 0.242 e. The lowest BCUT2D eigenvalue weighted by Gasteiger charge is -2.40. The molecule has 1 aliphatic heterocycles. The van der Waals surface area contributed by atoms with Crippen LogP contribution in [-0.2, 0) is 9.59 Å². The van der Waals surface area contributed by atoms with Crippen LogP contribution >= 0.6 is 0 Å². The zero-order chi connectivity index (χ0) is 11.3. The molecule has 0 aromatic rings. The van der Waals surface area contributed by atoms with E-state index in [9.17, 15) is 9.59 Å². The van der Waals surface area contributed by atoms with E-state index in [1.165, 1.54) is 19.3 Å². The number of amides is 2. The Morgan fingerprint density at radius 3 is 2.69 bits per heavy atom. The van der Waals surface area contributed by atoms with Gasteiger partial charge in [-0.25, -0.2) is 0 Å². The Morgan fingerprint density at radius 1 is 1.25 bits per heavy atom. The zero-order valence-corrected chi connectivity index (χ0v) is 9.61. The largest absolute Gasteiger partial charge is 0.345 e. The van der Waals surface area contributed by atoms with Crippen molar-refractivity contribution in [2.45, 2.75) is 44.7 Å². The van der Waals surface area contributed by atoms with Gasteiger partial charge in [-0.2, -0.15) is 0 Å². The molecule has 4 unspecified atom stereocenters. The molecule has 0 radical (unpaired) electrons. The second kappa shape index (κ2) is 3.47. The molecule has 2 saturated carbocycles. The molecule has 2 aliphatic carbocycles. The second-order valence-electron chi connectivity index (χ2n) is 5.44. The Kier molecular flexibility index (Phi) is 2.19. The van der Waals surface area contributed by atoms with Crippen LogP contribution in [0.15, 0.2) is 0 Å². The zero-order valence-electron chi connectivity index (χ0n) is 9.61. The van der Waals surface area contributed by atoms with Crippen LogP contribution in [0.4, 0.5) is 0 Å². The van der Waals surface area contributed by atoms with Crippen molar-refractivity contribution in [3.63, 3.8) is 0 Å². The number of carbonyl (C=O) groups is 2. The lowest BCUT2D eigenvalue weighted by molar-refractivity contribution is -0.148. The Morgan fingerprint density at radius 2 is 2.06 bits per heavy atom. The first-order chi connectivity index (χ1) is 7.66. The van der Waals surface area contributed by atoms with Crippen molar-refractivity contribution in [2.75, 3.05) is 6.54 Å². The molecular weight excluding hydrogens is 204 g/mol. The van der Waals surface area contributed by atoms with Crippen molar-refractivity contribution in [1.82, 2.24) is 10.2 Å². The molecule has 4 atom stereocenters. The Balaban J connectivity index is 1.82. The quantitative estimate of drug-likeness (QED) is 0.703. The van der Waals surface area contributed by atoms with Crippen LogP contribution < -0.4 is 5.32 Å². The van der Waals surface area contributed by atoms with E-state index in [4.69, 9.17) is 0 Å². The molecule has 2 amide bonds. The first-order valence-corrected chi connectivity index (χ1v) is 6.25. The minimum Gasteiger partial charge on any atom is -0.345 e. The predicted molar refractivity (Wildman–Crippen MR) is 58.6 cm³/mol. The maximum Gasteiger partial charge on any atom is 0.242 e. The highest BCUT2D eigenvalue weighted by Crippen LogP contribution is 2.47. The Hall–Kier alpha value is -1.06. The first kappa shape index (κ1) is 10.1. The van der Waals surface area contributed by atoms with Crippen LogP contribution in [0.5, 0.6) is 0 Å². The van der Waals surface area contributed by atoms with Gasteiger partial charge in [-0.05, 0) is 38.0 Å². The molecule has 3 rings (SSSR count). The van der Waals surface area contributed by atoms with Crippen molar-refractivity contribution in [3.8, 4) is 0 Å². The number of fused-ring (bicyclic) bond motifs is 2. The number of rotatable bonds is 1. The molecule has 88 valence electrons. The summed E-state index contributed by atoms with van der Waals surface area (Å²) in [6.45, 7) is 2.04. The van der Waals surface area contributed by atoms with Gasteiger partial charge >= 0.3 is 0 Å². The molecule has 4 heteroatoms. The summed E-state index contributed by atoms with van der Waals surface area (Å²) in [6, 6.07) is 0.0675. The van der Waals surface area contributed by atoms with Gasteiger partial charge in [-0.1, -0.05) is 6.42 Å². The molecule has 16 heavy (non-hydrogen) atoms. The number of carbonyl (C=O) groups excluding carboxylic acids is 2. The third-order valence-corrected chi connectivity index (χ3v) is 4.56. The van der Waals surface area contributed by atoms with Crippen LogP contribution in [0.3, 0.4) is 0 Å². The maximum atomic E-state index is 11.9. The van der Waals surface area contributed by atoms with Crippen LogP contribution in [-0.4, -0.2) is 35.3 Å². The molecule has 0 aromatic heterocycles. The van der Waals surface area contributed by atoms with Crippen LogP contribution in [0.1, 0.15) is 32.6 Å². The monoisotopic (exact) mass is 222 g/mol. The van der Waals surface area contributed by atoms with E-state index in [1.54, 1.807) is 0 Å². The van der Waals surface area contributed by atoms with Gasteiger partial charge in [0.2, 0.25) is 11.8 Å². The van der Waals surface area contributed by atoms with Gasteiger partial charge in [-0.3, -0.25) is 9.59 Å². The molecule has 0 aromatic carbocycles. The fraction of sp³-hybridized carbons (Fsp3) is 0.833. The van der Waals surface area contributed by atoms with Gasteiger partial charge in [-0.15, -0.1) is 0 Å². The predicted octanol–water partition coefficient (Wildman–Crippen LogP) is 0.522. The van der Waals surface area contributed by atoms with Crippen molar-refractivity contribution in [2.24, 2.45) is 11.8 Å². The Labute approximate surface area is 95.4 Å². The highest BCUT2D eigenvalue weighted by atomic mass is 16.2. The number of hydrogen-bond acceptors (Lipinski definition) is 2. The highest BCUT2D eigenvalue weighted by Gasteiger charge is 2.47. The normalized spacial score (nSPS) is 42.7.